The van der Waals surface area contributed by atoms with Crippen LogP contribution in [0.4, 0.5) is 5.82 Å². The molecule has 1 saturated carbocycles. The van der Waals surface area contributed by atoms with E-state index in [1.165, 1.54) is 17.5 Å². The van der Waals surface area contributed by atoms with Crippen molar-refractivity contribution in [1.82, 2.24) is 30.4 Å². The van der Waals surface area contributed by atoms with E-state index in [2.05, 4.69) is 37.4 Å². The number of nitrogens with zero attached hydrogens (tertiary/aromatic N) is 4. The molecule has 1 aliphatic carbocycles. The Hall–Kier alpha value is -3.02. The summed E-state index contributed by atoms with van der Waals surface area (Å²) in [5.41, 5.74) is 1.04. The molecule has 3 amide bonds. The first kappa shape index (κ1) is 26.1. The lowest BCUT2D eigenvalue weighted by Crippen LogP contribution is -2.56. The Morgan fingerprint density at radius 3 is 2.61 bits per heavy atom. The number of thiazole rings is 1. The molecule has 1 fully saturated rings. The van der Waals surface area contributed by atoms with Gasteiger partial charge in [0.1, 0.15) is 5.82 Å². The van der Waals surface area contributed by atoms with Gasteiger partial charge < -0.3 is 20.9 Å². The van der Waals surface area contributed by atoms with Crippen LogP contribution in [0.25, 0.3) is 0 Å². The maximum absolute atomic E-state index is 13.1. The maximum Gasteiger partial charge on any atom is 0.280 e. The predicted octanol–water partition coefficient (Wildman–Crippen LogP) is 2.23. The standard InChI is InChI=1S/C24H30ClN7O3S/c1-13(27-20-8-6-15(25)10-26-20)21(33)28-16-7-5-14(24(35)31(2)3)9-17(16)29-22(34)23-30-18-11-32(4)12-19(18)36-23/h6,8,10,14,16-17H,1,5,7,9,11-12H2,2-4H3,(H,26,27)(H,28,33)(H,29,34)/t14-,16-,17+/m0/s1. The van der Waals surface area contributed by atoms with Crippen LogP contribution in [0.5, 0.6) is 0 Å². The second-order valence-corrected chi connectivity index (χ2v) is 10.9. The van der Waals surface area contributed by atoms with Gasteiger partial charge in [0.2, 0.25) is 5.91 Å². The molecule has 10 nitrogen and oxygen atoms in total. The number of hydrogen-bond donors (Lipinski definition) is 3. The Bertz CT molecular complexity index is 1140. The first-order valence-corrected chi connectivity index (χ1v) is 12.9. The van der Waals surface area contributed by atoms with Crippen molar-refractivity contribution < 1.29 is 14.4 Å². The fourth-order valence-corrected chi connectivity index (χ4v) is 5.69. The number of halogens is 1. The van der Waals surface area contributed by atoms with E-state index >= 15 is 0 Å². The van der Waals surface area contributed by atoms with E-state index in [1.807, 2.05) is 7.05 Å². The number of amides is 3. The molecule has 0 bridgehead atoms. The van der Waals surface area contributed by atoms with Gasteiger partial charge in [-0.05, 0) is 38.4 Å². The van der Waals surface area contributed by atoms with Crippen molar-refractivity contribution in [1.29, 1.82) is 0 Å². The summed E-state index contributed by atoms with van der Waals surface area (Å²) in [5.74, 6) is -0.499. The second kappa shape index (κ2) is 10.9. The maximum atomic E-state index is 13.1. The molecule has 0 radical (unpaired) electrons. The molecule has 3 heterocycles. The fraction of sp³-hybridized carbons (Fsp3) is 0.458. The zero-order chi connectivity index (χ0) is 26.0. The molecule has 0 spiro atoms. The van der Waals surface area contributed by atoms with Gasteiger partial charge in [0, 0.05) is 50.2 Å². The largest absolute Gasteiger partial charge is 0.349 e. The minimum absolute atomic E-state index is 0.00942. The lowest BCUT2D eigenvalue weighted by Gasteiger charge is -2.37. The number of nitrogens with one attached hydrogen (secondary N) is 3. The lowest BCUT2D eigenvalue weighted by molar-refractivity contribution is -0.134. The summed E-state index contributed by atoms with van der Waals surface area (Å²) < 4.78 is 0. The molecule has 4 rings (SSSR count). The number of aromatic nitrogens is 2. The topological polar surface area (TPSA) is 120 Å². The van der Waals surface area contributed by atoms with Crippen LogP contribution in [0, 0.1) is 5.92 Å². The highest BCUT2D eigenvalue weighted by atomic mass is 35.5. The molecule has 36 heavy (non-hydrogen) atoms. The van der Waals surface area contributed by atoms with E-state index in [-0.39, 0.29) is 29.5 Å². The molecule has 3 N–H and O–H groups in total. The van der Waals surface area contributed by atoms with Crippen LogP contribution < -0.4 is 16.0 Å². The Kier molecular flexibility index (Phi) is 7.91. The number of carbonyl (C=O) groups is 3. The van der Waals surface area contributed by atoms with E-state index in [0.29, 0.717) is 35.1 Å². The van der Waals surface area contributed by atoms with E-state index in [9.17, 15) is 14.4 Å². The highest BCUT2D eigenvalue weighted by Crippen LogP contribution is 2.29. The van der Waals surface area contributed by atoms with Crippen LogP contribution in [-0.2, 0) is 22.7 Å². The number of anilines is 1. The van der Waals surface area contributed by atoms with Crippen LogP contribution in [0.2, 0.25) is 5.02 Å². The third kappa shape index (κ3) is 6.03. The minimum atomic E-state index is -0.438. The van der Waals surface area contributed by atoms with E-state index in [0.717, 1.165) is 23.7 Å². The SMILES string of the molecule is C=C(Nc1ccc(Cl)cn1)C(=O)N[C@H]1CC[C@H](C(=O)N(C)C)C[C@H]1NC(=O)c1nc2c(s1)CN(C)C2. The summed E-state index contributed by atoms with van der Waals surface area (Å²) in [4.78, 5) is 52.1. The first-order chi connectivity index (χ1) is 17.1. The summed E-state index contributed by atoms with van der Waals surface area (Å²) in [6, 6.07) is 2.49. The van der Waals surface area contributed by atoms with Gasteiger partial charge in [-0.1, -0.05) is 18.2 Å². The third-order valence-corrected chi connectivity index (χ3v) is 7.66. The molecule has 3 atom stereocenters. The van der Waals surface area contributed by atoms with E-state index in [1.54, 1.807) is 31.1 Å². The van der Waals surface area contributed by atoms with E-state index < -0.39 is 11.9 Å². The lowest BCUT2D eigenvalue weighted by atomic mass is 9.81. The third-order valence-electron chi connectivity index (χ3n) is 6.36. The molecular weight excluding hydrogens is 502 g/mol. The van der Waals surface area contributed by atoms with Crippen molar-refractivity contribution in [3.8, 4) is 0 Å². The summed E-state index contributed by atoms with van der Waals surface area (Å²) in [5, 5.41) is 9.77. The van der Waals surface area contributed by atoms with Crippen LogP contribution in [0.1, 0.15) is 39.6 Å². The van der Waals surface area contributed by atoms with Gasteiger partial charge in [0.15, 0.2) is 5.01 Å². The van der Waals surface area contributed by atoms with Gasteiger partial charge in [-0.25, -0.2) is 9.97 Å². The molecule has 192 valence electrons. The van der Waals surface area contributed by atoms with Crippen molar-refractivity contribution >= 4 is 46.5 Å². The molecule has 1 aliphatic heterocycles. The van der Waals surface area contributed by atoms with Gasteiger partial charge in [0.05, 0.1) is 22.5 Å². The number of carbonyl (C=O) groups excluding carboxylic acids is 3. The Balaban J connectivity index is 1.44. The molecule has 2 aliphatic rings. The van der Waals surface area contributed by atoms with Crippen LogP contribution >= 0.6 is 22.9 Å². The zero-order valence-corrected chi connectivity index (χ0v) is 22.1. The quantitative estimate of drug-likeness (QED) is 0.469. The second-order valence-electron chi connectivity index (χ2n) is 9.43. The molecule has 0 aromatic carbocycles. The van der Waals surface area contributed by atoms with Crippen LogP contribution in [0.15, 0.2) is 30.6 Å². The average molecular weight is 532 g/mol. The van der Waals surface area contributed by atoms with Crippen molar-refractivity contribution in [2.45, 2.75) is 44.4 Å². The smallest absolute Gasteiger partial charge is 0.280 e. The number of pyridine rings is 1. The van der Waals surface area contributed by atoms with Gasteiger partial charge in [0.25, 0.3) is 11.8 Å². The Labute approximate surface area is 219 Å². The molecule has 0 unspecified atom stereocenters. The molecule has 12 heteroatoms. The normalized spacial score (nSPS) is 21.4. The molecular formula is C24H30ClN7O3S. The Morgan fingerprint density at radius 2 is 1.94 bits per heavy atom. The van der Waals surface area contributed by atoms with Crippen LogP contribution in [0.3, 0.4) is 0 Å². The van der Waals surface area contributed by atoms with Gasteiger partial charge in [-0.2, -0.15) is 0 Å². The Morgan fingerprint density at radius 1 is 1.17 bits per heavy atom. The molecule has 2 aromatic heterocycles. The molecule has 2 aromatic rings. The monoisotopic (exact) mass is 531 g/mol. The highest BCUT2D eigenvalue weighted by Gasteiger charge is 2.37. The van der Waals surface area contributed by atoms with Crippen molar-refractivity contribution in [3.05, 3.63) is 51.2 Å². The zero-order valence-electron chi connectivity index (χ0n) is 20.5. The van der Waals surface area contributed by atoms with Crippen molar-refractivity contribution in [2.75, 3.05) is 26.5 Å². The summed E-state index contributed by atoms with van der Waals surface area (Å²) >= 11 is 7.25. The van der Waals surface area contributed by atoms with Crippen molar-refractivity contribution in [2.24, 2.45) is 5.92 Å². The highest BCUT2D eigenvalue weighted by molar-refractivity contribution is 7.13. The van der Waals surface area contributed by atoms with E-state index in [4.69, 9.17) is 11.6 Å². The van der Waals surface area contributed by atoms with Gasteiger partial charge >= 0.3 is 0 Å². The number of hydrogen-bond acceptors (Lipinski definition) is 8. The average Bonchev–Trinajstić information content (AvgIpc) is 3.38. The van der Waals surface area contributed by atoms with Gasteiger partial charge in [-0.15, -0.1) is 11.3 Å². The summed E-state index contributed by atoms with van der Waals surface area (Å²) in [6.07, 6.45) is 3.02. The van der Waals surface area contributed by atoms with Crippen LogP contribution in [-0.4, -0.2) is 70.7 Å². The first-order valence-electron chi connectivity index (χ1n) is 11.7. The van der Waals surface area contributed by atoms with Crippen molar-refractivity contribution in [3.63, 3.8) is 0 Å². The summed E-state index contributed by atoms with van der Waals surface area (Å²) in [7, 11) is 5.45. The molecule has 0 saturated heterocycles. The number of fused-ring (bicyclic) bond motifs is 1. The summed E-state index contributed by atoms with van der Waals surface area (Å²) in [6.45, 7) is 5.31. The minimum Gasteiger partial charge on any atom is -0.349 e. The predicted molar refractivity (Wildman–Crippen MR) is 139 cm³/mol. The van der Waals surface area contributed by atoms with Gasteiger partial charge in [-0.3, -0.25) is 19.3 Å². The fourth-order valence-electron chi connectivity index (χ4n) is 4.52. The number of rotatable bonds is 7.